The Morgan fingerprint density at radius 2 is 0.855 bits per heavy atom. The number of aryl methyl sites for hydroxylation is 15. The lowest BCUT2D eigenvalue weighted by Gasteiger charge is -1.82. The highest BCUT2D eigenvalue weighted by Gasteiger charge is 1.92. The lowest BCUT2D eigenvalue weighted by Crippen LogP contribution is -1.72. The van der Waals surface area contributed by atoms with Crippen LogP contribution in [0.1, 0.15) is 125 Å². The molecule has 0 radical (unpaired) electrons. The topological polar surface area (TPSA) is 233 Å². The number of hydrogen-bond acceptors (Lipinski definition) is 21. The predicted octanol–water partition coefficient (Wildman–Crippen LogP) is 12.8. The second-order valence-corrected chi connectivity index (χ2v) is 15.9. The van der Waals surface area contributed by atoms with Crippen LogP contribution in [0.4, 0.5) is 0 Å². The quantitative estimate of drug-likeness (QED) is 0.137. The van der Waals surface area contributed by atoms with Crippen molar-refractivity contribution in [1.82, 2.24) is 74.3 Å². The van der Waals surface area contributed by atoms with Crippen molar-refractivity contribution in [3.8, 4) is 0 Å². The van der Waals surface area contributed by atoms with E-state index in [1.165, 1.54) is 34.2 Å². The summed E-state index contributed by atoms with van der Waals surface area (Å²) in [7, 11) is 0. The molecule has 0 aliphatic carbocycles. The zero-order valence-corrected chi connectivity index (χ0v) is 47.0. The molecule has 0 N–H and O–H groups in total. The van der Waals surface area contributed by atoms with Gasteiger partial charge < -0.3 is 13.5 Å². The number of pyridine rings is 3. The van der Waals surface area contributed by atoms with Gasteiger partial charge in [-0.25, -0.2) is 9.97 Å². The number of hydrogen-bond donors (Lipinski definition) is 0. The van der Waals surface area contributed by atoms with E-state index in [0.29, 0.717) is 35.2 Å². The molecular weight excluding hydrogens is 931 g/mol. The summed E-state index contributed by atoms with van der Waals surface area (Å²) in [5, 5.41) is 26.0. The van der Waals surface area contributed by atoms with E-state index in [9.17, 15) is 0 Å². The van der Waals surface area contributed by atoms with Crippen molar-refractivity contribution >= 4 is 34.4 Å². The van der Waals surface area contributed by atoms with Crippen molar-refractivity contribution in [2.24, 2.45) is 0 Å². The number of aromatic nitrogens is 15. The molecule has 0 unspecified atom stereocenters. The predicted molar refractivity (Wildman–Crippen MR) is 280 cm³/mol. The second-order valence-electron chi connectivity index (χ2n) is 12.6. The lowest BCUT2D eigenvalue weighted by molar-refractivity contribution is 0.389. The van der Waals surface area contributed by atoms with Gasteiger partial charge >= 0.3 is 0 Å². The summed E-state index contributed by atoms with van der Waals surface area (Å²) in [5.74, 6) is 5.63. The molecule has 0 aliphatic rings. The van der Waals surface area contributed by atoms with E-state index in [1.54, 1.807) is 77.7 Å². The first-order valence-electron chi connectivity index (χ1n) is 22.1. The number of nitrogens with zero attached hydrogens (tertiary/aromatic N) is 15. The van der Waals surface area contributed by atoms with Gasteiger partial charge in [0.05, 0.1) is 0 Å². The normalized spacial score (nSPS) is 8.65. The molecule has 9 heterocycles. The number of rotatable bonds is 0. The molecule has 0 saturated heterocycles. The van der Waals surface area contributed by atoms with Crippen LogP contribution in [-0.4, -0.2) is 74.3 Å². The molecule has 9 aromatic heterocycles. The van der Waals surface area contributed by atoms with E-state index in [4.69, 9.17) is 4.42 Å². The highest BCUT2D eigenvalue weighted by molar-refractivity contribution is 7.11. The first-order valence-corrected chi connectivity index (χ1v) is 24.5. The van der Waals surface area contributed by atoms with Gasteiger partial charge in [0.2, 0.25) is 23.6 Å². The Balaban J connectivity index is -0.000000700. The molecule has 9 aromatic rings. The average molecular weight is 1010 g/mol. The van der Waals surface area contributed by atoms with Crippen LogP contribution in [0.3, 0.4) is 0 Å². The van der Waals surface area contributed by atoms with Crippen molar-refractivity contribution in [1.29, 1.82) is 0 Å². The van der Waals surface area contributed by atoms with Crippen molar-refractivity contribution < 1.29 is 13.5 Å². The largest absolute Gasteiger partial charge is 0.426 e. The van der Waals surface area contributed by atoms with Gasteiger partial charge in [0, 0.05) is 64.4 Å². The Kier molecular flexibility index (Phi) is 42.7. The highest BCUT2D eigenvalue weighted by Crippen LogP contribution is 2.04. The second kappa shape index (κ2) is 44.1. The first kappa shape index (κ1) is 66.8. The standard InChI is InChI=1S/3C6H7N.3C4H6N2O.3C4H6N2S.3C2H6/c1-6-2-4-7-5-3-6;1-6-3-2-4-7-5-6;1-6-4-2-3-5-7-6;1-3-5-6-4(2)7-3;2*1-3-5-4(2)7-6-3;1-3-5-6-4(2)7-3;2*1-3-5-4(2)7-6-3;3*1-2/h3*2-5H,1H3;6*1-2H3;3*1-2H3. The van der Waals surface area contributed by atoms with E-state index in [-0.39, 0.29) is 0 Å². The zero-order valence-electron chi connectivity index (χ0n) is 44.6. The van der Waals surface area contributed by atoms with Crippen molar-refractivity contribution in [2.45, 2.75) is 145 Å². The SMILES string of the molecule is CC.CC.CC.Cc1ccccn1.Cc1cccnc1.Cc1ccncc1.Cc1nnc(C)o1.Cc1nnc(C)s1.Cc1noc(C)n1.Cc1noc(C)n1.Cc1nsc(C)n1.Cc1nsc(C)n1. The minimum Gasteiger partial charge on any atom is -0.426 e. The fourth-order valence-electron chi connectivity index (χ4n) is 3.72. The molecule has 69 heavy (non-hydrogen) atoms. The van der Waals surface area contributed by atoms with Crippen LogP contribution in [0.15, 0.2) is 86.9 Å². The van der Waals surface area contributed by atoms with Crippen LogP contribution in [0.25, 0.3) is 0 Å². The summed E-state index contributed by atoms with van der Waals surface area (Å²) in [6.07, 6.45) is 8.97. The molecule has 0 fully saturated rings. The maximum atomic E-state index is 4.86. The molecule has 378 valence electrons. The first-order chi connectivity index (χ1) is 32.9. The van der Waals surface area contributed by atoms with Gasteiger partial charge in [-0.3, -0.25) is 15.0 Å². The van der Waals surface area contributed by atoms with Crippen LogP contribution in [0.2, 0.25) is 0 Å². The third kappa shape index (κ3) is 42.6. The van der Waals surface area contributed by atoms with Gasteiger partial charge in [-0.1, -0.05) is 64.0 Å². The van der Waals surface area contributed by atoms with E-state index in [1.807, 2.05) is 153 Å². The average Bonchev–Trinajstić information content (AvgIpc) is 4.23. The van der Waals surface area contributed by atoms with Gasteiger partial charge in [-0.15, -0.1) is 31.7 Å². The Hall–Kier alpha value is -6.45. The molecular formula is C48H75N15O3S3. The molecule has 0 aliphatic heterocycles. The molecule has 0 amide bonds. The van der Waals surface area contributed by atoms with Gasteiger partial charge in [0.1, 0.15) is 31.7 Å². The fourth-order valence-corrected chi connectivity index (χ4v) is 5.26. The monoisotopic (exact) mass is 1010 g/mol. The maximum Gasteiger partial charge on any atom is 0.223 e. The van der Waals surface area contributed by atoms with E-state index in [2.05, 4.69) is 83.4 Å². The summed E-state index contributed by atoms with van der Waals surface area (Å²) in [6, 6.07) is 13.7. The van der Waals surface area contributed by atoms with Gasteiger partial charge in [0.25, 0.3) is 0 Å². The van der Waals surface area contributed by atoms with Crippen molar-refractivity contribution in [3.63, 3.8) is 0 Å². The third-order valence-electron chi connectivity index (χ3n) is 6.24. The molecule has 9 rings (SSSR count). The molecule has 21 heteroatoms. The Labute approximate surface area is 422 Å². The zero-order chi connectivity index (χ0) is 53.0. The maximum absolute atomic E-state index is 4.86. The Morgan fingerprint density at radius 1 is 0.391 bits per heavy atom. The van der Waals surface area contributed by atoms with Gasteiger partial charge in [-0.2, -0.15) is 18.7 Å². The summed E-state index contributed by atoms with van der Waals surface area (Å²) in [6.45, 7) is 40.2. The molecule has 0 atom stereocenters. The van der Waals surface area contributed by atoms with E-state index < -0.39 is 0 Å². The van der Waals surface area contributed by atoms with Crippen LogP contribution >= 0.6 is 34.4 Å². The van der Waals surface area contributed by atoms with Crippen LogP contribution in [-0.2, 0) is 0 Å². The van der Waals surface area contributed by atoms with Crippen LogP contribution < -0.4 is 0 Å². The van der Waals surface area contributed by atoms with E-state index in [0.717, 1.165) is 37.4 Å². The minimum atomic E-state index is 0.623. The fraction of sp³-hybridized carbons (Fsp3) is 0.438. The molecule has 0 aromatic carbocycles. The molecule has 0 spiro atoms. The molecule has 0 saturated carbocycles. The van der Waals surface area contributed by atoms with Crippen LogP contribution in [0.5, 0.6) is 0 Å². The summed E-state index contributed by atoms with van der Waals surface area (Å²) >= 11 is 4.51. The van der Waals surface area contributed by atoms with Gasteiger partial charge in [-0.05, 0) is 141 Å². The Morgan fingerprint density at radius 3 is 1.00 bits per heavy atom. The van der Waals surface area contributed by atoms with E-state index >= 15 is 0 Å². The summed E-state index contributed by atoms with van der Waals surface area (Å²) in [5.41, 5.74) is 3.54. The lowest BCUT2D eigenvalue weighted by atomic mass is 10.3. The highest BCUT2D eigenvalue weighted by atomic mass is 32.1. The van der Waals surface area contributed by atoms with Crippen LogP contribution in [0, 0.1) is 104 Å². The molecule has 0 bridgehead atoms. The Bertz CT molecular complexity index is 1970. The van der Waals surface area contributed by atoms with Crippen molar-refractivity contribution in [2.75, 3.05) is 0 Å². The van der Waals surface area contributed by atoms with Gasteiger partial charge in [0.15, 0.2) is 11.6 Å². The summed E-state index contributed by atoms with van der Waals surface area (Å²) < 4.78 is 22.0. The minimum absolute atomic E-state index is 0.623. The third-order valence-corrected chi connectivity index (χ3v) is 8.42. The summed E-state index contributed by atoms with van der Waals surface area (Å²) in [4.78, 5) is 27.4. The molecule has 18 nitrogen and oxygen atoms in total. The smallest absolute Gasteiger partial charge is 0.223 e. The van der Waals surface area contributed by atoms with Crippen molar-refractivity contribution in [3.05, 3.63) is 157 Å².